The van der Waals surface area contributed by atoms with Crippen LogP contribution in [0.4, 0.5) is 5.69 Å². The molecule has 2 N–H and O–H groups in total. The zero-order chi connectivity index (χ0) is 17.6. The molecule has 0 amide bonds. The maximum Gasteiger partial charge on any atom is 0.168 e. The quantitative estimate of drug-likeness (QED) is 0.573. The molecule has 2 aromatic carbocycles. The van der Waals surface area contributed by atoms with Crippen molar-refractivity contribution in [2.24, 2.45) is 0 Å². The predicted molar refractivity (Wildman–Crippen MR) is 106 cm³/mol. The first-order chi connectivity index (χ1) is 12.1. The molecule has 1 aromatic heterocycles. The highest BCUT2D eigenvalue weighted by Gasteiger charge is 2.14. The van der Waals surface area contributed by atoms with Crippen LogP contribution in [0.1, 0.15) is 28.6 Å². The van der Waals surface area contributed by atoms with E-state index in [4.69, 9.17) is 0 Å². The first kappa shape index (κ1) is 17.6. The highest BCUT2D eigenvalue weighted by Crippen LogP contribution is 2.23. The Morgan fingerprint density at radius 1 is 1.04 bits per heavy atom. The molecular weight excluding hydrogens is 376 g/mol. The number of nitrogens with one attached hydrogen (secondary N) is 1. The molecule has 3 rings (SSSR count). The molecule has 0 saturated heterocycles. The second kappa shape index (κ2) is 8.28. The molecule has 0 saturated carbocycles. The summed E-state index contributed by atoms with van der Waals surface area (Å²) in [5, 5.41) is 13.7. The number of aliphatic hydroxyl groups is 1. The Bertz CT molecular complexity index is 836. The number of aliphatic hydroxyl groups excluding tert-OH is 1. The number of hydrogen-bond donors (Lipinski definition) is 2. The summed E-state index contributed by atoms with van der Waals surface area (Å²) < 4.78 is 0.919. The lowest BCUT2D eigenvalue weighted by Gasteiger charge is -2.17. The van der Waals surface area contributed by atoms with Crippen LogP contribution in [0, 0.1) is 6.92 Å². The number of para-hydroxylation sites is 1. The van der Waals surface area contributed by atoms with Crippen LogP contribution in [0.5, 0.6) is 0 Å². The second-order valence-electron chi connectivity index (χ2n) is 6.10. The Labute approximate surface area is 156 Å². The summed E-state index contributed by atoms with van der Waals surface area (Å²) in [4.78, 5) is 4.44. The van der Waals surface area contributed by atoms with Gasteiger partial charge in [0.25, 0.3) is 0 Å². The number of halogens is 1. The summed E-state index contributed by atoms with van der Waals surface area (Å²) in [6, 6.07) is 20.2. The van der Waals surface area contributed by atoms with Gasteiger partial charge in [0.2, 0.25) is 0 Å². The standard InChI is InChI=1S/C21H21BrN2O/c1-15-6-5-7-16(12-15)10-11-17-13-18(22)14-23-20(17)21(25)24-19-8-3-2-4-9-19/h2-9,12-14,21,24-25H,10-11H2,1H3. The average molecular weight is 397 g/mol. The number of anilines is 1. The fraction of sp³-hybridized carbons (Fsp3) is 0.190. The fourth-order valence-electron chi connectivity index (χ4n) is 2.85. The summed E-state index contributed by atoms with van der Waals surface area (Å²) in [6.07, 6.45) is 2.60. The maximum atomic E-state index is 10.6. The molecule has 25 heavy (non-hydrogen) atoms. The van der Waals surface area contributed by atoms with Crippen molar-refractivity contribution in [3.63, 3.8) is 0 Å². The van der Waals surface area contributed by atoms with Crippen LogP contribution in [0.25, 0.3) is 0 Å². The number of nitrogens with zero attached hydrogens (tertiary/aromatic N) is 1. The highest BCUT2D eigenvalue weighted by molar-refractivity contribution is 9.10. The van der Waals surface area contributed by atoms with E-state index in [1.807, 2.05) is 36.4 Å². The van der Waals surface area contributed by atoms with Gasteiger partial charge in [-0.15, -0.1) is 0 Å². The van der Waals surface area contributed by atoms with Gasteiger partial charge in [-0.1, -0.05) is 48.0 Å². The van der Waals surface area contributed by atoms with Gasteiger partial charge < -0.3 is 10.4 Å². The molecule has 3 aromatic rings. The van der Waals surface area contributed by atoms with Gasteiger partial charge in [-0.05, 0) is 65.0 Å². The van der Waals surface area contributed by atoms with Crippen LogP contribution in [0.15, 0.2) is 71.3 Å². The third-order valence-corrected chi connectivity index (χ3v) is 4.50. The minimum absolute atomic E-state index is 0.666. The van der Waals surface area contributed by atoms with Gasteiger partial charge in [-0.3, -0.25) is 4.98 Å². The monoisotopic (exact) mass is 396 g/mol. The lowest BCUT2D eigenvalue weighted by Crippen LogP contribution is -2.14. The molecule has 0 aliphatic heterocycles. The second-order valence-corrected chi connectivity index (χ2v) is 7.02. The van der Waals surface area contributed by atoms with Crippen molar-refractivity contribution in [3.8, 4) is 0 Å². The van der Waals surface area contributed by atoms with E-state index in [1.165, 1.54) is 11.1 Å². The van der Waals surface area contributed by atoms with Gasteiger partial charge in [-0.2, -0.15) is 0 Å². The largest absolute Gasteiger partial charge is 0.368 e. The smallest absolute Gasteiger partial charge is 0.168 e. The van der Waals surface area contributed by atoms with E-state index in [-0.39, 0.29) is 0 Å². The first-order valence-corrected chi connectivity index (χ1v) is 9.10. The number of pyridine rings is 1. The molecule has 4 heteroatoms. The summed E-state index contributed by atoms with van der Waals surface area (Å²) in [5.74, 6) is 0. The van der Waals surface area contributed by atoms with E-state index in [0.717, 1.165) is 28.6 Å². The summed E-state index contributed by atoms with van der Waals surface area (Å²) >= 11 is 3.49. The van der Waals surface area contributed by atoms with Crippen molar-refractivity contribution >= 4 is 21.6 Å². The van der Waals surface area contributed by atoms with Crippen molar-refractivity contribution in [2.45, 2.75) is 26.0 Å². The van der Waals surface area contributed by atoms with Gasteiger partial charge in [0.15, 0.2) is 6.23 Å². The number of aromatic nitrogens is 1. The Kier molecular flexibility index (Phi) is 5.84. The molecule has 0 aliphatic rings. The zero-order valence-electron chi connectivity index (χ0n) is 14.1. The molecule has 1 unspecified atom stereocenters. The van der Waals surface area contributed by atoms with E-state index in [1.54, 1.807) is 6.20 Å². The molecule has 3 nitrogen and oxygen atoms in total. The maximum absolute atomic E-state index is 10.6. The van der Waals surface area contributed by atoms with Gasteiger partial charge in [0.1, 0.15) is 0 Å². The molecule has 0 spiro atoms. The van der Waals surface area contributed by atoms with Crippen LogP contribution >= 0.6 is 15.9 Å². The van der Waals surface area contributed by atoms with Gasteiger partial charge in [-0.25, -0.2) is 0 Å². The predicted octanol–water partition coefficient (Wildman–Crippen LogP) is 5.04. The van der Waals surface area contributed by atoms with E-state index >= 15 is 0 Å². The number of rotatable bonds is 6. The number of hydrogen-bond acceptors (Lipinski definition) is 3. The third kappa shape index (κ3) is 4.91. The Balaban J connectivity index is 1.77. The molecular formula is C21H21BrN2O. The van der Waals surface area contributed by atoms with Gasteiger partial charge in [0, 0.05) is 16.4 Å². The summed E-state index contributed by atoms with van der Waals surface area (Å²) in [6.45, 7) is 2.10. The Morgan fingerprint density at radius 3 is 2.60 bits per heavy atom. The molecule has 1 heterocycles. The van der Waals surface area contributed by atoms with Crippen molar-refractivity contribution in [1.82, 2.24) is 4.98 Å². The number of aryl methyl sites for hydroxylation is 3. The van der Waals surface area contributed by atoms with Gasteiger partial charge in [0.05, 0.1) is 5.69 Å². The minimum atomic E-state index is -0.844. The molecule has 1 atom stereocenters. The lowest BCUT2D eigenvalue weighted by molar-refractivity contribution is 0.202. The topological polar surface area (TPSA) is 45.2 Å². The average Bonchev–Trinajstić information content (AvgIpc) is 2.61. The SMILES string of the molecule is Cc1cccc(CCc2cc(Br)cnc2C(O)Nc2ccccc2)c1. The highest BCUT2D eigenvalue weighted by atomic mass is 79.9. The molecule has 0 aliphatic carbocycles. The zero-order valence-corrected chi connectivity index (χ0v) is 15.7. The van der Waals surface area contributed by atoms with Crippen LogP contribution in [0.3, 0.4) is 0 Å². The first-order valence-electron chi connectivity index (χ1n) is 8.31. The van der Waals surface area contributed by atoms with Crippen LogP contribution in [-0.2, 0) is 12.8 Å². The minimum Gasteiger partial charge on any atom is -0.368 e. The molecule has 128 valence electrons. The Morgan fingerprint density at radius 2 is 1.84 bits per heavy atom. The Hall–Kier alpha value is -2.17. The van der Waals surface area contributed by atoms with Crippen LogP contribution < -0.4 is 5.32 Å². The van der Waals surface area contributed by atoms with E-state index < -0.39 is 6.23 Å². The third-order valence-electron chi connectivity index (χ3n) is 4.07. The normalized spacial score (nSPS) is 12.0. The van der Waals surface area contributed by atoms with Crippen LogP contribution in [0.2, 0.25) is 0 Å². The van der Waals surface area contributed by atoms with Crippen molar-refractivity contribution in [2.75, 3.05) is 5.32 Å². The van der Waals surface area contributed by atoms with Gasteiger partial charge >= 0.3 is 0 Å². The lowest BCUT2D eigenvalue weighted by atomic mass is 10.0. The van der Waals surface area contributed by atoms with E-state index in [2.05, 4.69) is 57.4 Å². The fourth-order valence-corrected chi connectivity index (χ4v) is 3.22. The molecule has 0 bridgehead atoms. The van der Waals surface area contributed by atoms with Crippen molar-refractivity contribution < 1.29 is 5.11 Å². The van der Waals surface area contributed by atoms with Crippen molar-refractivity contribution in [3.05, 3.63) is 93.7 Å². The van der Waals surface area contributed by atoms with E-state index in [9.17, 15) is 5.11 Å². The molecule has 0 radical (unpaired) electrons. The number of benzene rings is 2. The van der Waals surface area contributed by atoms with Crippen LogP contribution in [-0.4, -0.2) is 10.1 Å². The summed E-state index contributed by atoms with van der Waals surface area (Å²) in [7, 11) is 0. The van der Waals surface area contributed by atoms with Crippen molar-refractivity contribution in [1.29, 1.82) is 0 Å². The molecule has 0 fully saturated rings. The van der Waals surface area contributed by atoms with E-state index in [0.29, 0.717) is 5.69 Å². The summed E-state index contributed by atoms with van der Waals surface area (Å²) in [5.41, 5.74) is 5.11.